The molecule has 1 aliphatic rings. The molecule has 2 aromatic rings. The Labute approximate surface area is 160 Å². The molecule has 2 heterocycles. The van der Waals surface area contributed by atoms with Crippen LogP contribution in [0.15, 0.2) is 33.9 Å². The number of hydrogen-bond donors (Lipinski definition) is 2. The molecule has 120 valence electrons. The number of fused-ring (bicyclic) bond motifs is 1. The summed E-state index contributed by atoms with van der Waals surface area (Å²) >= 11 is 5.50. The van der Waals surface area contributed by atoms with Crippen molar-refractivity contribution in [1.29, 1.82) is 0 Å². The molecule has 22 heavy (non-hydrogen) atoms. The molecule has 0 amide bonds. The first kappa shape index (κ1) is 17.9. The van der Waals surface area contributed by atoms with Gasteiger partial charge in [-0.2, -0.15) is 11.8 Å². The van der Waals surface area contributed by atoms with Crippen molar-refractivity contribution < 1.29 is 0 Å². The lowest BCUT2D eigenvalue weighted by Crippen LogP contribution is -2.42. The highest BCUT2D eigenvalue weighted by atomic mass is 127. The lowest BCUT2D eigenvalue weighted by atomic mass is 10.1. The van der Waals surface area contributed by atoms with Crippen molar-refractivity contribution >= 4 is 68.5 Å². The van der Waals surface area contributed by atoms with Crippen LogP contribution in [0, 0.1) is 0 Å². The highest BCUT2D eigenvalue weighted by Gasteiger charge is 2.12. The van der Waals surface area contributed by atoms with Crippen molar-refractivity contribution in [2.24, 2.45) is 10.7 Å². The molecule has 3 N–H and O–H groups in total. The van der Waals surface area contributed by atoms with E-state index in [1.807, 2.05) is 17.8 Å². The second-order valence-electron chi connectivity index (χ2n) is 5.09. The average Bonchev–Trinajstić information content (AvgIpc) is 2.90. The van der Waals surface area contributed by atoms with Gasteiger partial charge in [0.15, 0.2) is 5.96 Å². The molecule has 0 saturated carbocycles. The largest absolute Gasteiger partial charge is 0.370 e. The maximum Gasteiger partial charge on any atom is 0.191 e. The van der Waals surface area contributed by atoms with Crippen molar-refractivity contribution in [3.8, 4) is 0 Å². The number of nitrogens with one attached hydrogen (secondary N) is 1. The summed E-state index contributed by atoms with van der Waals surface area (Å²) in [4.78, 5) is 10.0. The molecule has 7 heteroatoms. The zero-order valence-corrected chi connectivity index (χ0v) is 17.0. The van der Waals surface area contributed by atoms with Crippen LogP contribution in [0.3, 0.4) is 0 Å². The molecule has 1 aliphatic heterocycles. The molecule has 0 radical (unpaired) electrons. The summed E-state index contributed by atoms with van der Waals surface area (Å²) in [5.74, 6) is 2.98. The predicted molar refractivity (Wildman–Crippen MR) is 111 cm³/mol. The highest BCUT2D eigenvalue weighted by Crippen LogP contribution is 2.23. The quantitative estimate of drug-likeness (QED) is 0.390. The van der Waals surface area contributed by atoms with Gasteiger partial charge in [-0.25, -0.2) is 0 Å². The van der Waals surface area contributed by atoms with Crippen molar-refractivity contribution in [2.75, 3.05) is 31.1 Å². The summed E-state index contributed by atoms with van der Waals surface area (Å²) < 4.78 is 1.10. The second-order valence-corrected chi connectivity index (χ2v) is 7.23. The average molecular weight is 495 g/mol. The summed E-state index contributed by atoms with van der Waals surface area (Å²) in [6, 6.07) is 6.29. The van der Waals surface area contributed by atoms with Gasteiger partial charge < -0.3 is 15.6 Å². The number of aromatic amines is 1. The Hall–Kier alpha value is -0.410. The van der Waals surface area contributed by atoms with Crippen LogP contribution in [0.5, 0.6) is 0 Å². The summed E-state index contributed by atoms with van der Waals surface area (Å²) in [6.07, 6.45) is 2.97. The fourth-order valence-corrected chi connectivity index (χ4v) is 3.81. The van der Waals surface area contributed by atoms with Gasteiger partial charge in [0, 0.05) is 52.7 Å². The van der Waals surface area contributed by atoms with Gasteiger partial charge in [-0.3, -0.25) is 4.99 Å². The molecular formula is C15H20BrIN4S. The van der Waals surface area contributed by atoms with Crippen LogP contribution >= 0.6 is 51.7 Å². The maximum atomic E-state index is 6.08. The van der Waals surface area contributed by atoms with Crippen molar-refractivity contribution in [3.63, 3.8) is 0 Å². The van der Waals surface area contributed by atoms with Crippen LogP contribution in [0.25, 0.3) is 10.9 Å². The first-order valence-corrected chi connectivity index (χ1v) is 9.07. The van der Waals surface area contributed by atoms with E-state index in [4.69, 9.17) is 5.73 Å². The molecule has 0 unspecified atom stereocenters. The number of halogens is 2. The zero-order valence-electron chi connectivity index (χ0n) is 12.2. The van der Waals surface area contributed by atoms with E-state index < -0.39 is 0 Å². The van der Waals surface area contributed by atoms with Crippen LogP contribution in [0.2, 0.25) is 0 Å². The van der Waals surface area contributed by atoms with Crippen LogP contribution in [-0.4, -0.2) is 47.0 Å². The number of hydrogen-bond acceptors (Lipinski definition) is 2. The van der Waals surface area contributed by atoms with Gasteiger partial charge in [-0.15, -0.1) is 24.0 Å². The van der Waals surface area contributed by atoms with Crippen LogP contribution in [-0.2, 0) is 6.42 Å². The van der Waals surface area contributed by atoms with E-state index in [1.165, 1.54) is 16.5 Å². The molecule has 1 aromatic heterocycles. The lowest BCUT2D eigenvalue weighted by molar-refractivity contribution is 0.456. The number of guanidine groups is 1. The summed E-state index contributed by atoms with van der Waals surface area (Å²) in [5, 5.41) is 1.26. The van der Waals surface area contributed by atoms with E-state index in [-0.39, 0.29) is 24.0 Å². The summed E-state index contributed by atoms with van der Waals surface area (Å²) in [5.41, 5.74) is 8.53. The van der Waals surface area contributed by atoms with E-state index in [0.717, 1.165) is 42.0 Å². The highest BCUT2D eigenvalue weighted by molar-refractivity contribution is 14.0. The van der Waals surface area contributed by atoms with Gasteiger partial charge in [0.25, 0.3) is 0 Å². The number of aliphatic imine (C=N–C) groups is 1. The number of aromatic nitrogens is 1. The van der Waals surface area contributed by atoms with E-state index in [0.29, 0.717) is 5.96 Å². The van der Waals surface area contributed by atoms with Crippen LogP contribution in [0.1, 0.15) is 5.56 Å². The molecule has 0 spiro atoms. The first-order valence-electron chi connectivity index (χ1n) is 7.12. The number of rotatable bonds is 3. The number of benzene rings is 1. The van der Waals surface area contributed by atoms with E-state index in [9.17, 15) is 0 Å². The number of nitrogens with zero attached hydrogens (tertiary/aromatic N) is 2. The maximum absolute atomic E-state index is 6.08. The standard InChI is InChI=1S/C15H19BrN4S.HI/c16-12-1-2-14-13(9-12)11(10-19-14)3-4-18-15(17)20-5-7-21-8-6-20;/h1-2,9-10,19H,3-8H2,(H2,17,18);1H. The molecule has 1 saturated heterocycles. The third kappa shape index (κ3) is 4.32. The van der Waals surface area contributed by atoms with Crippen molar-refractivity contribution in [1.82, 2.24) is 9.88 Å². The van der Waals surface area contributed by atoms with E-state index >= 15 is 0 Å². The number of H-pyrrole nitrogens is 1. The molecule has 1 fully saturated rings. The van der Waals surface area contributed by atoms with Gasteiger partial charge in [0.2, 0.25) is 0 Å². The number of nitrogens with two attached hydrogens (primary N) is 1. The minimum absolute atomic E-state index is 0. The normalized spacial score (nSPS) is 15.9. The van der Waals surface area contributed by atoms with Gasteiger partial charge in [0.1, 0.15) is 0 Å². The smallest absolute Gasteiger partial charge is 0.191 e. The second kappa shape index (κ2) is 8.44. The fraction of sp³-hybridized carbons (Fsp3) is 0.400. The van der Waals surface area contributed by atoms with Crippen molar-refractivity contribution in [3.05, 3.63) is 34.4 Å². The molecule has 0 bridgehead atoms. The Kier molecular flexibility index (Phi) is 6.88. The fourth-order valence-electron chi connectivity index (χ4n) is 2.54. The third-order valence-corrected chi connectivity index (χ3v) is 5.16. The Morgan fingerprint density at radius 3 is 2.91 bits per heavy atom. The monoisotopic (exact) mass is 494 g/mol. The Morgan fingerprint density at radius 2 is 2.14 bits per heavy atom. The molecule has 1 aromatic carbocycles. The third-order valence-electron chi connectivity index (χ3n) is 3.72. The molecule has 3 rings (SSSR count). The van der Waals surface area contributed by atoms with Gasteiger partial charge in [-0.05, 0) is 30.2 Å². The van der Waals surface area contributed by atoms with E-state index in [2.05, 4.69) is 49.1 Å². The van der Waals surface area contributed by atoms with E-state index in [1.54, 1.807) is 0 Å². The van der Waals surface area contributed by atoms with Crippen LogP contribution in [0.4, 0.5) is 0 Å². The Morgan fingerprint density at radius 1 is 1.36 bits per heavy atom. The predicted octanol–water partition coefficient (Wildman–Crippen LogP) is 3.45. The first-order chi connectivity index (χ1) is 10.2. The number of thioether (sulfide) groups is 1. The Balaban J connectivity index is 0.00000176. The Bertz CT molecular complexity index is 652. The summed E-state index contributed by atoms with van der Waals surface area (Å²) in [7, 11) is 0. The molecule has 4 nitrogen and oxygen atoms in total. The van der Waals surface area contributed by atoms with Crippen molar-refractivity contribution in [2.45, 2.75) is 6.42 Å². The molecular weight excluding hydrogens is 475 g/mol. The van der Waals surface area contributed by atoms with Gasteiger partial charge in [-0.1, -0.05) is 15.9 Å². The van der Waals surface area contributed by atoms with Gasteiger partial charge >= 0.3 is 0 Å². The minimum atomic E-state index is 0. The minimum Gasteiger partial charge on any atom is -0.370 e. The topological polar surface area (TPSA) is 57.4 Å². The molecule has 0 atom stereocenters. The summed E-state index contributed by atoms with van der Waals surface area (Å²) in [6.45, 7) is 2.76. The lowest BCUT2D eigenvalue weighted by Gasteiger charge is -2.27. The zero-order chi connectivity index (χ0) is 14.7. The van der Waals surface area contributed by atoms with Gasteiger partial charge in [0.05, 0.1) is 0 Å². The molecule has 0 aliphatic carbocycles. The SMILES string of the molecule is I.NC(=NCCc1c[nH]c2ccc(Br)cc12)N1CCSCC1. The van der Waals surface area contributed by atoms with Crippen LogP contribution < -0.4 is 5.73 Å².